The van der Waals surface area contributed by atoms with Crippen LogP contribution >= 0.6 is 0 Å². The summed E-state index contributed by atoms with van der Waals surface area (Å²) in [7, 11) is 6.68. The molecule has 1 rings (SSSR count). The van der Waals surface area contributed by atoms with Crippen LogP contribution in [0.4, 0.5) is 0 Å². The van der Waals surface area contributed by atoms with Crippen molar-refractivity contribution in [2.45, 2.75) is 45.6 Å². The van der Waals surface area contributed by atoms with E-state index >= 15 is 0 Å². The number of piperidine rings is 1. The van der Waals surface area contributed by atoms with Gasteiger partial charge in [0.05, 0.1) is 0 Å². The largest absolute Gasteiger partial charge is 0.315 e. The number of nitrogens with zero attached hydrogens (tertiary/aromatic N) is 2. The Morgan fingerprint density at radius 2 is 1.74 bits per heavy atom. The molecular formula is C16H35N3. The Morgan fingerprint density at radius 3 is 2.21 bits per heavy atom. The number of likely N-dealkylation sites (tertiary alicyclic amines) is 1. The molecule has 1 fully saturated rings. The van der Waals surface area contributed by atoms with Gasteiger partial charge in [-0.1, -0.05) is 26.7 Å². The van der Waals surface area contributed by atoms with E-state index in [1.807, 2.05) is 0 Å². The van der Waals surface area contributed by atoms with E-state index in [0.29, 0.717) is 6.04 Å². The molecule has 0 aromatic rings. The van der Waals surface area contributed by atoms with Crippen LogP contribution in [0.3, 0.4) is 0 Å². The summed E-state index contributed by atoms with van der Waals surface area (Å²) in [6, 6.07) is 0.682. The Bertz CT molecular complexity index is 218. The van der Waals surface area contributed by atoms with E-state index in [9.17, 15) is 0 Å². The molecular weight excluding hydrogens is 234 g/mol. The Hall–Kier alpha value is -0.120. The van der Waals surface area contributed by atoms with Gasteiger partial charge in [-0.05, 0) is 65.5 Å². The van der Waals surface area contributed by atoms with Crippen molar-refractivity contribution in [2.75, 3.05) is 47.3 Å². The minimum Gasteiger partial charge on any atom is -0.315 e. The number of rotatable bonds is 8. The zero-order chi connectivity index (χ0) is 14.3. The van der Waals surface area contributed by atoms with Crippen LogP contribution in [0.25, 0.3) is 0 Å². The third-order valence-electron chi connectivity index (χ3n) is 4.88. The summed E-state index contributed by atoms with van der Waals surface area (Å²) < 4.78 is 0. The molecule has 1 aliphatic heterocycles. The summed E-state index contributed by atoms with van der Waals surface area (Å²) in [5.74, 6) is 1.71. The third kappa shape index (κ3) is 5.80. The first-order valence-electron chi connectivity index (χ1n) is 8.14. The second-order valence-corrected chi connectivity index (χ2v) is 6.51. The lowest BCUT2D eigenvalue weighted by molar-refractivity contribution is 0.181. The lowest BCUT2D eigenvalue weighted by Crippen LogP contribution is -2.45. The van der Waals surface area contributed by atoms with Gasteiger partial charge in [0, 0.05) is 12.6 Å². The molecule has 114 valence electrons. The SMILES string of the molecule is CCC(CC)C(CNCC1CCN(C)CC1)N(C)C. The highest BCUT2D eigenvalue weighted by Gasteiger charge is 2.21. The van der Waals surface area contributed by atoms with Gasteiger partial charge in [-0.25, -0.2) is 0 Å². The average Bonchev–Trinajstić information content (AvgIpc) is 2.40. The topological polar surface area (TPSA) is 18.5 Å². The maximum absolute atomic E-state index is 3.74. The highest BCUT2D eigenvalue weighted by Crippen LogP contribution is 2.18. The Morgan fingerprint density at radius 1 is 1.16 bits per heavy atom. The molecule has 19 heavy (non-hydrogen) atoms. The standard InChI is InChI=1S/C16H35N3/c1-6-15(7-2)16(18(3)4)13-17-12-14-8-10-19(5)11-9-14/h14-17H,6-13H2,1-5H3. The average molecular weight is 269 g/mol. The molecule has 1 atom stereocenters. The van der Waals surface area contributed by atoms with Crippen LogP contribution in [-0.2, 0) is 0 Å². The van der Waals surface area contributed by atoms with E-state index in [0.717, 1.165) is 18.4 Å². The van der Waals surface area contributed by atoms with Crippen LogP contribution in [0, 0.1) is 11.8 Å². The first-order valence-corrected chi connectivity index (χ1v) is 8.14. The highest BCUT2D eigenvalue weighted by atomic mass is 15.1. The maximum Gasteiger partial charge on any atom is 0.0242 e. The van der Waals surface area contributed by atoms with Crippen molar-refractivity contribution < 1.29 is 0 Å². The van der Waals surface area contributed by atoms with Crippen LogP contribution in [0.2, 0.25) is 0 Å². The minimum atomic E-state index is 0.682. The van der Waals surface area contributed by atoms with E-state index in [-0.39, 0.29) is 0 Å². The monoisotopic (exact) mass is 269 g/mol. The molecule has 1 unspecified atom stereocenters. The smallest absolute Gasteiger partial charge is 0.0242 e. The summed E-state index contributed by atoms with van der Waals surface area (Å²) >= 11 is 0. The second kappa shape index (κ2) is 8.93. The van der Waals surface area contributed by atoms with Gasteiger partial charge in [-0.2, -0.15) is 0 Å². The summed E-state index contributed by atoms with van der Waals surface area (Å²) in [6.07, 6.45) is 5.30. The first-order chi connectivity index (χ1) is 9.08. The summed E-state index contributed by atoms with van der Waals surface area (Å²) in [4.78, 5) is 4.85. The molecule has 3 heteroatoms. The van der Waals surface area contributed by atoms with Gasteiger partial charge < -0.3 is 15.1 Å². The predicted molar refractivity (Wildman–Crippen MR) is 84.6 cm³/mol. The lowest BCUT2D eigenvalue weighted by atomic mass is 9.92. The van der Waals surface area contributed by atoms with E-state index in [1.165, 1.54) is 45.3 Å². The number of hydrogen-bond donors (Lipinski definition) is 1. The van der Waals surface area contributed by atoms with Gasteiger partial charge in [0.2, 0.25) is 0 Å². The molecule has 0 aromatic heterocycles. The van der Waals surface area contributed by atoms with Gasteiger partial charge >= 0.3 is 0 Å². The van der Waals surface area contributed by atoms with E-state index < -0.39 is 0 Å². The van der Waals surface area contributed by atoms with Crippen LogP contribution < -0.4 is 5.32 Å². The molecule has 0 amide bonds. The number of nitrogens with one attached hydrogen (secondary N) is 1. The first kappa shape index (κ1) is 16.9. The van der Waals surface area contributed by atoms with Crippen molar-refractivity contribution in [3.63, 3.8) is 0 Å². The van der Waals surface area contributed by atoms with Crippen molar-refractivity contribution in [3.8, 4) is 0 Å². The van der Waals surface area contributed by atoms with Gasteiger partial charge in [-0.3, -0.25) is 0 Å². The number of likely N-dealkylation sites (N-methyl/N-ethyl adjacent to an activating group) is 1. The van der Waals surface area contributed by atoms with Crippen LogP contribution in [0.5, 0.6) is 0 Å². The number of hydrogen-bond acceptors (Lipinski definition) is 3. The molecule has 1 heterocycles. The normalized spacial score (nSPS) is 20.4. The molecule has 1 aliphatic rings. The van der Waals surface area contributed by atoms with Gasteiger partial charge in [0.15, 0.2) is 0 Å². The lowest BCUT2D eigenvalue weighted by Gasteiger charge is -2.33. The van der Waals surface area contributed by atoms with Crippen molar-refractivity contribution >= 4 is 0 Å². The summed E-state index contributed by atoms with van der Waals surface area (Å²) in [5, 5.41) is 3.74. The van der Waals surface area contributed by atoms with E-state index in [2.05, 4.69) is 50.1 Å². The molecule has 1 N–H and O–H groups in total. The highest BCUT2D eigenvalue weighted by molar-refractivity contribution is 4.78. The zero-order valence-corrected chi connectivity index (χ0v) is 13.8. The van der Waals surface area contributed by atoms with Crippen LogP contribution in [0.1, 0.15) is 39.5 Å². The second-order valence-electron chi connectivity index (χ2n) is 6.51. The summed E-state index contributed by atoms with van der Waals surface area (Å²) in [5.41, 5.74) is 0. The molecule has 3 nitrogen and oxygen atoms in total. The quantitative estimate of drug-likeness (QED) is 0.729. The Labute approximate surface area is 120 Å². The molecule has 0 bridgehead atoms. The van der Waals surface area contributed by atoms with Crippen molar-refractivity contribution in [1.29, 1.82) is 0 Å². The molecule has 0 aliphatic carbocycles. The van der Waals surface area contributed by atoms with E-state index in [1.54, 1.807) is 0 Å². The Balaban J connectivity index is 2.28. The van der Waals surface area contributed by atoms with Gasteiger partial charge in [0.25, 0.3) is 0 Å². The van der Waals surface area contributed by atoms with Crippen molar-refractivity contribution in [1.82, 2.24) is 15.1 Å². The van der Waals surface area contributed by atoms with Gasteiger partial charge in [0.1, 0.15) is 0 Å². The zero-order valence-electron chi connectivity index (χ0n) is 13.8. The fraction of sp³-hybridized carbons (Fsp3) is 1.00. The molecule has 0 radical (unpaired) electrons. The maximum atomic E-state index is 3.74. The van der Waals surface area contributed by atoms with Crippen molar-refractivity contribution in [2.24, 2.45) is 11.8 Å². The molecule has 0 saturated carbocycles. The summed E-state index contributed by atoms with van der Waals surface area (Å²) in [6.45, 7) is 9.54. The molecule has 0 aromatic carbocycles. The molecule has 1 saturated heterocycles. The predicted octanol–water partition coefficient (Wildman–Crippen LogP) is 2.28. The molecule has 0 spiro atoms. The van der Waals surface area contributed by atoms with Crippen LogP contribution in [-0.4, -0.2) is 63.2 Å². The third-order valence-corrected chi connectivity index (χ3v) is 4.88. The van der Waals surface area contributed by atoms with E-state index in [4.69, 9.17) is 0 Å². The van der Waals surface area contributed by atoms with Gasteiger partial charge in [-0.15, -0.1) is 0 Å². The fourth-order valence-electron chi connectivity index (χ4n) is 3.31. The van der Waals surface area contributed by atoms with Crippen molar-refractivity contribution in [3.05, 3.63) is 0 Å². The minimum absolute atomic E-state index is 0.682. The Kier molecular flexibility index (Phi) is 7.96. The fourth-order valence-corrected chi connectivity index (χ4v) is 3.31. The van der Waals surface area contributed by atoms with Crippen LogP contribution in [0.15, 0.2) is 0 Å².